The first-order valence-corrected chi connectivity index (χ1v) is 8.36. The predicted molar refractivity (Wildman–Crippen MR) is 99.5 cm³/mol. The predicted octanol–water partition coefficient (Wildman–Crippen LogP) is 2.63. The Hall–Kier alpha value is -2.96. The van der Waals surface area contributed by atoms with E-state index in [1.807, 2.05) is 13.8 Å². The number of hydrogen-bond acceptors (Lipinski definition) is 7. The summed E-state index contributed by atoms with van der Waals surface area (Å²) in [5.74, 6) is -0.826. The Morgan fingerprint density at radius 3 is 1.81 bits per heavy atom. The molecule has 2 rings (SSSR count). The van der Waals surface area contributed by atoms with Crippen LogP contribution in [0.15, 0.2) is 40.7 Å². The highest BCUT2D eigenvalue weighted by atomic mass is 16.5. The molecule has 0 saturated carbocycles. The van der Waals surface area contributed by atoms with Gasteiger partial charge >= 0.3 is 11.9 Å². The van der Waals surface area contributed by atoms with Crippen LogP contribution in [0, 0.1) is 0 Å². The van der Waals surface area contributed by atoms with Gasteiger partial charge in [0.25, 0.3) is 0 Å². The Kier molecular flexibility index (Phi) is 6.15. The van der Waals surface area contributed by atoms with Crippen LogP contribution >= 0.6 is 0 Å². The number of carbonyl (C=O) groups is 2. The number of methoxy groups -OCH3 is 4. The van der Waals surface area contributed by atoms with Crippen molar-refractivity contribution in [1.29, 1.82) is 0 Å². The third kappa shape index (κ3) is 3.37. The fourth-order valence-electron chi connectivity index (χ4n) is 3.38. The van der Waals surface area contributed by atoms with Gasteiger partial charge in [-0.25, -0.2) is 9.59 Å². The van der Waals surface area contributed by atoms with Crippen molar-refractivity contribution in [2.45, 2.75) is 19.8 Å². The fraction of sp³-hybridized carbons (Fsp3) is 0.400. The van der Waals surface area contributed by atoms with Crippen molar-refractivity contribution in [2.24, 2.45) is 0 Å². The molecule has 0 radical (unpaired) electrons. The molecule has 0 saturated heterocycles. The lowest BCUT2D eigenvalue weighted by Gasteiger charge is -2.36. The first kappa shape index (κ1) is 20.4. The second kappa shape index (κ2) is 8.16. The number of carbonyl (C=O) groups excluding carboxylic acids is 2. The molecular formula is C20H25NO6. The van der Waals surface area contributed by atoms with E-state index in [0.717, 1.165) is 0 Å². The average Bonchev–Trinajstić information content (AvgIpc) is 2.69. The Balaban J connectivity index is 2.88. The maximum Gasteiger partial charge on any atom is 0.336 e. The molecule has 0 bridgehead atoms. The molecule has 27 heavy (non-hydrogen) atoms. The van der Waals surface area contributed by atoms with Gasteiger partial charge in [0.2, 0.25) is 0 Å². The molecule has 0 amide bonds. The number of benzene rings is 1. The normalized spacial score (nSPS) is 15.0. The Morgan fingerprint density at radius 1 is 0.889 bits per heavy atom. The Bertz CT molecular complexity index is 784. The van der Waals surface area contributed by atoms with Crippen LogP contribution in [-0.2, 0) is 19.1 Å². The fourth-order valence-corrected chi connectivity index (χ4v) is 3.38. The van der Waals surface area contributed by atoms with Crippen LogP contribution in [-0.4, -0.2) is 52.3 Å². The summed E-state index contributed by atoms with van der Waals surface area (Å²) in [5.41, 5.74) is 2.67. The minimum absolute atomic E-state index is 0.345. The van der Waals surface area contributed by atoms with Crippen LogP contribution in [0.4, 0.5) is 0 Å². The standard InChI is InChI=1S/C20H25NO6/c1-11-15(19(22)26-6)17(16(20(23)27-7)12(2)21(11)3)13-9-8-10-14(24-4)18(13)25-5/h8-10,17H,1-7H3. The molecule has 0 N–H and O–H groups in total. The summed E-state index contributed by atoms with van der Waals surface area (Å²) in [6, 6.07) is 5.33. The van der Waals surface area contributed by atoms with Gasteiger partial charge in [-0.2, -0.15) is 0 Å². The molecule has 0 unspecified atom stereocenters. The maximum atomic E-state index is 12.7. The molecule has 7 nitrogen and oxygen atoms in total. The van der Waals surface area contributed by atoms with Crippen molar-refractivity contribution in [3.63, 3.8) is 0 Å². The van der Waals surface area contributed by atoms with Gasteiger partial charge in [-0.3, -0.25) is 0 Å². The van der Waals surface area contributed by atoms with Crippen molar-refractivity contribution in [3.05, 3.63) is 46.3 Å². The first-order chi connectivity index (χ1) is 12.8. The van der Waals surface area contributed by atoms with E-state index in [2.05, 4.69) is 0 Å². The smallest absolute Gasteiger partial charge is 0.336 e. The molecule has 0 spiro atoms. The Labute approximate surface area is 159 Å². The summed E-state index contributed by atoms with van der Waals surface area (Å²) < 4.78 is 21.0. The highest BCUT2D eigenvalue weighted by Crippen LogP contribution is 2.47. The first-order valence-electron chi connectivity index (χ1n) is 8.36. The third-order valence-electron chi connectivity index (χ3n) is 4.92. The summed E-state index contributed by atoms with van der Waals surface area (Å²) in [6.45, 7) is 3.62. The molecule has 1 aliphatic heterocycles. The van der Waals surface area contributed by atoms with E-state index >= 15 is 0 Å². The lowest BCUT2D eigenvalue weighted by Crippen LogP contribution is -2.33. The number of hydrogen-bond donors (Lipinski definition) is 0. The van der Waals surface area contributed by atoms with Gasteiger partial charge in [0.05, 0.1) is 45.5 Å². The summed E-state index contributed by atoms with van der Waals surface area (Å²) in [7, 11) is 7.45. The van der Waals surface area contributed by atoms with Gasteiger partial charge in [-0.1, -0.05) is 12.1 Å². The van der Waals surface area contributed by atoms with Crippen LogP contribution in [0.25, 0.3) is 0 Å². The monoisotopic (exact) mass is 375 g/mol. The van der Waals surface area contributed by atoms with Gasteiger partial charge < -0.3 is 23.8 Å². The number of allylic oxidation sites excluding steroid dienone is 2. The topological polar surface area (TPSA) is 74.3 Å². The minimum Gasteiger partial charge on any atom is -0.493 e. The zero-order valence-corrected chi connectivity index (χ0v) is 16.7. The summed E-state index contributed by atoms with van der Waals surface area (Å²) in [4.78, 5) is 27.1. The van der Waals surface area contributed by atoms with Gasteiger partial charge in [-0.05, 0) is 19.9 Å². The number of nitrogens with zero attached hydrogens (tertiary/aromatic N) is 1. The van der Waals surface area contributed by atoms with E-state index < -0.39 is 17.9 Å². The highest BCUT2D eigenvalue weighted by Gasteiger charge is 2.41. The van der Waals surface area contributed by atoms with Gasteiger partial charge in [0, 0.05) is 24.0 Å². The van der Waals surface area contributed by atoms with Crippen LogP contribution in [0.1, 0.15) is 25.3 Å². The van der Waals surface area contributed by atoms with E-state index in [1.54, 1.807) is 30.1 Å². The largest absolute Gasteiger partial charge is 0.493 e. The molecule has 0 aromatic heterocycles. The molecule has 146 valence electrons. The number of rotatable bonds is 5. The molecule has 7 heteroatoms. The number of esters is 2. The SMILES string of the molecule is COC(=O)C1=C(C)N(C)C(C)=C(C(=O)OC)C1c1cccc(OC)c1OC. The molecule has 0 atom stereocenters. The highest BCUT2D eigenvalue weighted by molar-refractivity contribution is 6.00. The van der Waals surface area contributed by atoms with Gasteiger partial charge in [0.1, 0.15) is 0 Å². The second-order valence-electron chi connectivity index (χ2n) is 6.06. The van der Waals surface area contributed by atoms with E-state index in [1.165, 1.54) is 28.4 Å². The molecule has 1 aromatic rings. The molecule has 0 fully saturated rings. The van der Waals surface area contributed by atoms with Crippen LogP contribution in [0.3, 0.4) is 0 Å². The molecule has 1 aromatic carbocycles. The van der Waals surface area contributed by atoms with E-state index in [9.17, 15) is 9.59 Å². The zero-order valence-electron chi connectivity index (χ0n) is 16.7. The van der Waals surface area contributed by atoms with Crippen molar-refractivity contribution < 1.29 is 28.5 Å². The quantitative estimate of drug-likeness (QED) is 0.733. The van der Waals surface area contributed by atoms with Crippen molar-refractivity contribution in [1.82, 2.24) is 4.90 Å². The Morgan fingerprint density at radius 2 is 1.41 bits per heavy atom. The van der Waals surface area contributed by atoms with Crippen LogP contribution in [0.5, 0.6) is 11.5 Å². The van der Waals surface area contributed by atoms with Crippen molar-refractivity contribution in [2.75, 3.05) is 35.5 Å². The summed E-state index contributed by atoms with van der Waals surface area (Å²) in [6.07, 6.45) is 0. The second-order valence-corrected chi connectivity index (χ2v) is 6.06. The van der Waals surface area contributed by atoms with Crippen LogP contribution < -0.4 is 9.47 Å². The lowest BCUT2D eigenvalue weighted by molar-refractivity contribution is -0.137. The average molecular weight is 375 g/mol. The number of ether oxygens (including phenoxy) is 4. The van der Waals surface area contributed by atoms with E-state index in [-0.39, 0.29) is 0 Å². The van der Waals surface area contributed by atoms with Crippen molar-refractivity contribution >= 4 is 11.9 Å². The molecule has 0 aliphatic carbocycles. The maximum absolute atomic E-state index is 12.7. The number of para-hydroxylation sites is 1. The summed E-state index contributed by atoms with van der Waals surface area (Å²) >= 11 is 0. The van der Waals surface area contributed by atoms with E-state index in [4.69, 9.17) is 18.9 Å². The minimum atomic E-state index is -0.717. The van der Waals surface area contributed by atoms with Gasteiger partial charge in [-0.15, -0.1) is 0 Å². The molecular weight excluding hydrogens is 350 g/mol. The summed E-state index contributed by atoms with van der Waals surface area (Å²) in [5, 5.41) is 0. The lowest BCUT2D eigenvalue weighted by atomic mass is 9.79. The van der Waals surface area contributed by atoms with Crippen molar-refractivity contribution in [3.8, 4) is 11.5 Å². The third-order valence-corrected chi connectivity index (χ3v) is 4.92. The van der Waals surface area contributed by atoms with Gasteiger partial charge in [0.15, 0.2) is 11.5 Å². The van der Waals surface area contributed by atoms with E-state index in [0.29, 0.717) is 39.6 Å². The molecule has 1 heterocycles. The van der Waals surface area contributed by atoms with Crippen LogP contribution in [0.2, 0.25) is 0 Å². The zero-order chi connectivity index (χ0) is 20.3. The molecule has 1 aliphatic rings.